The number of hydrogen-bond acceptors (Lipinski definition) is 4. The first-order chi connectivity index (χ1) is 14.6. The average molecular weight is 467 g/mol. The van der Waals surface area contributed by atoms with Crippen molar-refractivity contribution in [1.82, 2.24) is 20.0 Å². The molecule has 0 aliphatic heterocycles. The molecule has 1 unspecified atom stereocenters. The first-order valence-electron chi connectivity index (χ1n) is 9.37. The summed E-state index contributed by atoms with van der Waals surface area (Å²) in [6, 6.07) is 15.8. The number of nitrogens with one attached hydrogen (secondary N) is 2. The quantitative estimate of drug-likeness (QED) is 0.437. The van der Waals surface area contributed by atoms with Crippen molar-refractivity contribution >= 4 is 33.4 Å². The standard InChI is InChI=1S/C22H19BrN4O3/c23-16-8-9-20-25-17(14-27(20)13-16)12-24-21(28)18(11-15-5-2-1-3-6-15)26-22(29)19-7-4-10-30-19/h1-10,13-14,18H,11-12H2,(H,24,28)(H,26,29). The second-order valence-electron chi connectivity index (χ2n) is 6.76. The lowest BCUT2D eigenvalue weighted by atomic mass is 10.0. The van der Waals surface area contributed by atoms with Crippen molar-refractivity contribution in [3.05, 3.63) is 94.7 Å². The van der Waals surface area contributed by atoms with Gasteiger partial charge in [0.05, 0.1) is 18.5 Å². The number of aromatic nitrogens is 2. The van der Waals surface area contributed by atoms with Crippen LogP contribution in [0.25, 0.3) is 5.65 Å². The Morgan fingerprint density at radius 2 is 1.90 bits per heavy atom. The van der Waals surface area contributed by atoms with Crippen molar-refractivity contribution in [1.29, 1.82) is 0 Å². The molecule has 8 heteroatoms. The third kappa shape index (κ3) is 4.77. The number of rotatable bonds is 7. The fourth-order valence-electron chi connectivity index (χ4n) is 3.10. The highest BCUT2D eigenvalue weighted by molar-refractivity contribution is 9.10. The lowest BCUT2D eigenvalue weighted by Gasteiger charge is -2.18. The Bertz CT molecular complexity index is 1160. The van der Waals surface area contributed by atoms with Crippen molar-refractivity contribution in [2.24, 2.45) is 0 Å². The number of fused-ring (bicyclic) bond motifs is 1. The number of benzene rings is 1. The van der Waals surface area contributed by atoms with E-state index in [1.165, 1.54) is 6.26 Å². The molecule has 3 heterocycles. The molecule has 4 rings (SSSR count). The van der Waals surface area contributed by atoms with Crippen LogP contribution in [0.1, 0.15) is 21.8 Å². The van der Waals surface area contributed by atoms with Gasteiger partial charge in [-0.05, 0) is 45.8 Å². The van der Waals surface area contributed by atoms with E-state index in [4.69, 9.17) is 4.42 Å². The van der Waals surface area contributed by atoms with Gasteiger partial charge in [-0.3, -0.25) is 9.59 Å². The molecular formula is C22H19BrN4O3. The summed E-state index contributed by atoms with van der Waals surface area (Å²) in [5.41, 5.74) is 2.45. The Kier molecular flexibility index (Phi) is 5.94. The maximum absolute atomic E-state index is 12.9. The molecule has 0 aliphatic carbocycles. The van der Waals surface area contributed by atoms with Crippen LogP contribution in [0.4, 0.5) is 0 Å². The van der Waals surface area contributed by atoms with E-state index in [2.05, 4.69) is 31.5 Å². The molecule has 0 saturated carbocycles. The van der Waals surface area contributed by atoms with Gasteiger partial charge in [0.1, 0.15) is 11.7 Å². The number of carbonyl (C=O) groups excluding carboxylic acids is 2. The largest absolute Gasteiger partial charge is 0.459 e. The predicted octanol–water partition coefficient (Wildman–Crippen LogP) is 3.35. The topological polar surface area (TPSA) is 88.6 Å². The van der Waals surface area contributed by atoms with Crippen molar-refractivity contribution in [3.8, 4) is 0 Å². The maximum atomic E-state index is 12.9. The monoisotopic (exact) mass is 466 g/mol. The van der Waals surface area contributed by atoms with Crippen molar-refractivity contribution in [2.45, 2.75) is 19.0 Å². The highest BCUT2D eigenvalue weighted by atomic mass is 79.9. The van der Waals surface area contributed by atoms with Gasteiger partial charge in [0, 0.05) is 23.3 Å². The number of amides is 2. The van der Waals surface area contributed by atoms with Crippen molar-refractivity contribution < 1.29 is 14.0 Å². The fourth-order valence-corrected chi connectivity index (χ4v) is 3.45. The van der Waals surface area contributed by atoms with E-state index in [1.54, 1.807) is 12.1 Å². The third-order valence-electron chi connectivity index (χ3n) is 4.56. The molecular weight excluding hydrogens is 448 g/mol. The lowest BCUT2D eigenvalue weighted by Crippen LogP contribution is -2.47. The van der Waals surface area contributed by atoms with Gasteiger partial charge < -0.3 is 19.5 Å². The Balaban J connectivity index is 1.46. The third-order valence-corrected chi connectivity index (χ3v) is 5.03. The minimum Gasteiger partial charge on any atom is -0.459 e. The summed E-state index contributed by atoms with van der Waals surface area (Å²) in [5, 5.41) is 5.64. The van der Waals surface area contributed by atoms with Gasteiger partial charge in [-0.1, -0.05) is 30.3 Å². The summed E-state index contributed by atoms with van der Waals surface area (Å²) >= 11 is 3.43. The SMILES string of the molecule is O=C(NC(Cc1ccccc1)C(=O)NCc1cn2cc(Br)ccc2n1)c1ccco1. The van der Waals surface area contributed by atoms with E-state index < -0.39 is 11.9 Å². The van der Waals surface area contributed by atoms with Crippen LogP contribution in [0.5, 0.6) is 0 Å². The highest BCUT2D eigenvalue weighted by Crippen LogP contribution is 2.13. The summed E-state index contributed by atoms with van der Waals surface area (Å²) in [7, 11) is 0. The fraction of sp³-hybridized carbons (Fsp3) is 0.136. The minimum absolute atomic E-state index is 0.159. The zero-order chi connectivity index (χ0) is 20.9. The summed E-state index contributed by atoms with van der Waals surface area (Å²) in [6.07, 6.45) is 5.53. The summed E-state index contributed by atoms with van der Waals surface area (Å²) in [6.45, 7) is 0.250. The van der Waals surface area contributed by atoms with Crippen LogP contribution in [0.3, 0.4) is 0 Å². The van der Waals surface area contributed by atoms with Gasteiger partial charge in [-0.15, -0.1) is 0 Å². The molecule has 2 amide bonds. The van der Waals surface area contributed by atoms with Gasteiger partial charge in [0.25, 0.3) is 5.91 Å². The van der Waals surface area contributed by atoms with Crippen LogP contribution >= 0.6 is 15.9 Å². The van der Waals surface area contributed by atoms with E-state index >= 15 is 0 Å². The van der Waals surface area contributed by atoms with E-state index in [0.717, 1.165) is 21.4 Å². The molecule has 3 aromatic heterocycles. The Morgan fingerprint density at radius 1 is 1.07 bits per heavy atom. The Hall–Kier alpha value is -3.39. The molecule has 2 N–H and O–H groups in total. The normalized spacial score (nSPS) is 11.9. The number of pyridine rings is 1. The van der Waals surface area contributed by atoms with Gasteiger partial charge in [-0.2, -0.15) is 0 Å². The zero-order valence-electron chi connectivity index (χ0n) is 15.9. The van der Waals surface area contributed by atoms with Crippen LogP contribution in [0.15, 0.2) is 82.1 Å². The molecule has 0 saturated heterocycles. The molecule has 0 aliphatic rings. The molecule has 1 aromatic carbocycles. The van der Waals surface area contributed by atoms with Crippen molar-refractivity contribution in [3.63, 3.8) is 0 Å². The van der Waals surface area contributed by atoms with Crippen LogP contribution in [-0.2, 0) is 17.8 Å². The number of imidazole rings is 1. The van der Waals surface area contributed by atoms with Crippen molar-refractivity contribution in [2.75, 3.05) is 0 Å². The lowest BCUT2D eigenvalue weighted by molar-refractivity contribution is -0.123. The molecule has 0 bridgehead atoms. The predicted molar refractivity (Wildman–Crippen MR) is 115 cm³/mol. The second kappa shape index (κ2) is 8.96. The second-order valence-corrected chi connectivity index (χ2v) is 7.67. The van der Waals surface area contributed by atoms with E-state index in [0.29, 0.717) is 6.42 Å². The number of nitrogens with zero attached hydrogens (tertiary/aromatic N) is 2. The van der Waals surface area contributed by atoms with E-state index in [1.807, 2.05) is 59.3 Å². The summed E-state index contributed by atoms with van der Waals surface area (Å²) in [5.74, 6) is -0.572. The zero-order valence-corrected chi connectivity index (χ0v) is 17.5. The van der Waals surface area contributed by atoms with Crippen LogP contribution in [0, 0.1) is 0 Å². The first kappa shape index (κ1) is 19.9. The summed E-state index contributed by atoms with van der Waals surface area (Å²) < 4.78 is 7.96. The van der Waals surface area contributed by atoms with Gasteiger partial charge in [0.2, 0.25) is 5.91 Å². The molecule has 7 nitrogen and oxygen atoms in total. The van der Waals surface area contributed by atoms with Gasteiger partial charge >= 0.3 is 0 Å². The Morgan fingerprint density at radius 3 is 2.67 bits per heavy atom. The molecule has 0 spiro atoms. The molecule has 30 heavy (non-hydrogen) atoms. The molecule has 0 radical (unpaired) electrons. The van der Waals surface area contributed by atoms with E-state index in [-0.39, 0.29) is 18.2 Å². The number of hydrogen-bond donors (Lipinski definition) is 2. The minimum atomic E-state index is -0.754. The summed E-state index contributed by atoms with van der Waals surface area (Å²) in [4.78, 5) is 29.8. The van der Waals surface area contributed by atoms with Crippen LogP contribution < -0.4 is 10.6 Å². The van der Waals surface area contributed by atoms with Crippen LogP contribution in [0.2, 0.25) is 0 Å². The molecule has 152 valence electrons. The highest BCUT2D eigenvalue weighted by Gasteiger charge is 2.23. The Labute approximate surface area is 181 Å². The molecule has 4 aromatic rings. The first-order valence-corrected chi connectivity index (χ1v) is 10.2. The maximum Gasteiger partial charge on any atom is 0.287 e. The molecule has 0 fully saturated rings. The van der Waals surface area contributed by atoms with Gasteiger partial charge in [0.15, 0.2) is 5.76 Å². The van der Waals surface area contributed by atoms with Gasteiger partial charge in [-0.25, -0.2) is 4.98 Å². The molecule has 1 atom stereocenters. The number of carbonyl (C=O) groups is 2. The number of furan rings is 1. The number of halogens is 1. The van der Waals surface area contributed by atoms with Crippen LogP contribution in [-0.4, -0.2) is 27.2 Å². The average Bonchev–Trinajstić information content (AvgIpc) is 3.42. The van der Waals surface area contributed by atoms with E-state index in [9.17, 15) is 9.59 Å². The smallest absolute Gasteiger partial charge is 0.287 e.